The van der Waals surface area contributed by atoms with Crippen molar-refractivity contribution in [2.24, 2.45) is 0 Å². The second kappa shape index (κ2) is 8.88. The first-order valence-corrected chi connectivity index (χ1v) is 11.4. The molecule has 32 heavy (non-hydrogen) atoms. The van der Waals surface area contributed by atoms with Gasteiger partial charge in [-0.2, -0.15) is 9.61 Å². The summed E-state index contributed by atoms with van der Waals surface area (Å²) < 4.78 is 12.6. The molecule has 168 valence electrons. The number of likely N-dealkylation sites (N-methyl/N-ethyl adjacent to an activating group) is 1. The molecule has 0 unspecified atom stereocenters. The van der Waals surface area contributed by atoms with Crippen molar-refractivity contribution in [1.82, 2.24) is 19.8 Å². The average Bonchev–Trinajstić information content (AvgIpc) is 3.48. The number of benzene rings is 1. The maximum Gasteiger partial charge on any atom is 0.189 e. The molecule has 8 heteroatoms. The van der Waals surface area contributed by atoms with E-state index < -0.39 is 0 Å². The third-order valence-corrected chi connectivity index (χ3v) is 6.45. The van der Waals surface area contributed by atoms with E-state index in [1.807, 2.05) is 28.8 Å². The molecule has 4 rings (SSSR count). The van der Waals surface area contributed by atoms with Gasteiger partial charge in [-0.1, -0.05) is 32.9 Å². The Morgan fingerprint density at radius 2 is 1.88 bits per heavy atom. The summed E-state index contributed by atoms with van der Waals surface area (Å²) in [5, 5.41) is 16.1. The van der Waals surface area contributed by atoms with Crippen LogP contribution in [0.3, 0.4) is 0 Å². The van der Waals surface area contributed by atoms with Gasteiger partial charge >= 0.3 is 0 Å². The molecule has 0 amide bonds. The van der Waals surface area contributed by atoms with Crippen LogP contribution in [0.1, 0.15) is 31.3 Å². The van der Waals surface area contributed by atoms with Crippen molar-refractivity contribution in [2.45, 2.75) is 26.2 Å². The minimum atomic E-state index is -0.153. The first-order chi connectivity index (χ1) is 15.3. The molecular formula is C24H29N5O2S. The molecule has 0 saturated heterocycles. The van der Waals surface area contributed by atoms with Crippen LogP contribution in [0.15, 0.2) is 36.4 Å². The van der Waals surface area contributed by atoms with Gasteiger partial charge in [0.1, 0.15) is 5.75 Å². The summed E-state index contributed by atoms with van der Waals surface area (Å²) in [6, 6.07) is 12.1. The van der Waals surface area contributed by atoms with Gasteiger partial charge in [0.05, 0.1) is 30.0 Å². The fraction of sp³-hybridized carbons (Fsp3) is 0.375. The molecule has 1 aromatic carbocycles. The maximum atomic E-state index is 5.54. The topological polar surface area (TPSA) is 64.8 Å². The van der Waals surface area contributed by atoms with E-state index in [0.29, 0.717) is 12.4 Å². The number of ether oxygens (including phenoxy) is 2. The van der Waals surface area contributed by atoms with Gasteiger partial charge < -0.3 is 14.4 Å². The van der Waals surface area contributed by atoms with Crippen LogP contribution in [-0.4, -0.2) is 54.2 Å². The summed E-state index contributed by atoms with van der Waals surface area (Å²) in [6.07, 6.45) is 2.17. The number of nitrogens with zero attached hydrogens (tertiary/aromatic N) is 5. The van der Waals surface area contributed by atoms with Crippen molar-refractivity contribution >= 4 is 28.1 Å². The zero-order valence-electron chi connectivity index (χ0n) is 19.4. The molecule has 7 nitrogen and oxygen atoms in total. The monoisotopic (exact) mass is 451 g/mol. The number of rotatable bonds is 7. The van der Waals surface area contributed by atoms with Gasteiger partial charge in [-0.3, -0.25) is 0 Å². The zero-order chi connectivity index (χ0) is 22.9. The van der Waals surface area contributed by atoms with Crippen LogP contribution in [0.25, 0.3) is 23.1 Å². The van der Waals surface area contributed by atoms with Gasteiger partial charge in [-0.05, 0) is 30.3 Å². The molecule has 3 aromatic heterocycles. The summed E-state index contributed by atoms with van der Waals surface area (Å²) in [6.45, 7) is 8.04. The van der Waals surface area contributed by atoms with Crippen LogP contribution in [-0.2, 0) is 10.2 Å². The lowest BCUT2D eigenvalue weighted by Gasteiger charge is -2.15. The third kappa shape index (κ3) is 4.20. The van der Waals surface area contributed by atoms with Crippen LogP contribution in [0, 0.1) is 0 Å². The summed E-state index contributed by atoms with van der Waals surface area (Å²) >= 11 is 1.74. The molecule has 0 spiro atoms. The SMILES string of the molecule is COCCN(C)c1ccc(/C=c2/c(C(C)(C)C)nn3c(-c4ccccc4OC)nnc23)s1. The average molecular weight is 452 g/mol. The Morgan fingerprint density at radius 3 is 2.59 bits per heavy atom. The Labute approximate surface area is 192 Å². The minimum absolute atomic E-state index is 0.153. The number of thiophene rings is 1. The van der Waals surface area contributed by atoms with Crippen LogP contribution in [0.4, 0.5) is 5.00 Å². The molecule has 4 aromatic rings. The van der Waals surface area contributed by atoms with E-state index in [-0.39, 0.29) is 5.41 Å². The quantitative estimate of drug-likeness (QED) is 0.426. The largest absolute Gasteiger partial charge is 0.496 e. The highest BCUT2D eigenvalue weighted by Crippen LogP contribution is 2.30. The van der Waals surface area contributed by atoms with Crippen molar-refractivity contribution in [2.75, 3.05) is 39.3 Å². The lowest BCUT2D eigenvalue weighted by Crippen LogP contribution is -2.22. The molecule has 0 bridgehead atoms. The van der Waals surface area contributed by atoms with Crippen LogP contribution >= 0.6 is 11.3 Å². The van der Waals surface area contributed by atoms with Crippen molar-refractivity contribution in [3.05, 3.63) is 52.2 Å². The molecule has 0 aliphatic heterocycles. The Hall–Kier alpha value is -2.97. The molecule has 0 saturated carbocycles. The predicted molar refractivity (Wildman–Crippen MR) is 130 cm³/mol. The molecule has 0 aliphatic carbocycles. The predicted octanol–water partition coefficient (Wildman–Crippen LogP) is 3.79. The third-order valence-electron chi connectivity index (χ3n) is 5.30. The molecule has 0 N–H and O–H groups in total. The molecule has 0 fully saturated rings. The van der Waals surface area contributed by atoms with Gasteiger partial charge in [-0.15, -0.1) is 21.5 Å². The van der Waals surface area contributed by atoms with Crippen molar-refractivity contribution in [3.63, 3.8) is 0 Å². The normalized spacial score (nSPS) is 12.6. The Balaban J connectivity index is 1.85. The van der Waals surface area contributed by atoms with Gasteiger partial charge in [0.25, 0.3) is 0 Å². The Bertz CT molecular complexity index is 1270. The minimum Gasteiger partial charge on any atom is -0.496 e. The van der Waals surface area contributed by atoms with Gasteiger partial charge in [0, 0.05) is 36.2 Å². The fourth-order valence-corrected chi connectivity index (χ4v) is 4.53. The van der Waals surface area contributed by atoms with E-state index in [2.05, 4.69) is 61.1 Å². The van der Waals surface area contributed by atoms with Gasteiger partial charge in [-0.25, -0.2) is 0 Å². The fourth-order valence-electron chi connectivity index (χ4n) is 3.59. The van der Waals surface area contributed by atoms with Crippen LogP contribution < -0.4 is 14.9 Å². The highest BCUT2D eigenvalue weighted by Gasteiger charge is 2.25. The highest BCUT2D eigenvalue weighted by molar-refractivity contribution is 7.16. The molecular weight excluding hydrogens is 422 g/mol. The van der Waals surface area contributed by atoms with Crippen molar-refractivity contribution in [3.8, 4) is 17.1 Å². The second-order valence-corrected chi connectivity index (χ2v) is 9.80. The van der Waals surface area contributed by atoms with E-state index in [1.165, 1.54) is 5.00 Å². The molecule has 3 heterocycles. The molecule has 0 aliphatic rings. The smallest absolute Gasteiger partial charge is 0.189 e. The van der Waals surface area contributed by atoms with E-state index in [4.69, 9.17) is 14.6 Å². The summed E-state index contributed by atoms with van der Waals surface area (Å²) in [7, 11) is 5.46. The summed E-state index contributed by atoms with van der Waals surface area (Å²) in [4.78, 5) is 3.35. The number of para-hydroxylation sites is 1. The summed E-state index contributed by atoms with van der Waals surface area (Å²) in [5.41, 5.74) is 2.45. The molecule has 0 radical (unpaired) electrons. The summed E-state index contributed by atoms with van der Waals surface area (Å²) in [5.74, 6) is 1.42. The standard InChI is InChI=1S/C24H29N5O2S/c1-24(2,3)21-18(15-16-11-12-20(32-16)28(4)13-14-30-5)23-26-25-22(29(23)27-21)17-9-7-8-10-19(17)31-6/h7-12,15H,13-14H2,1-6H3/b18-15-. The lowest BCUT2D eigenvalue weighted by molar-refractivity contribution is 0.206. The Morgan fingerprint density at radius 1 is 1.09 bits per heavy atom. The first-order valence-electron chi connectivity index (χ1n) is 10.5. The van der Waals surface area contributed by atoms with Crippen LogP contribution in [0.5, 0.6) is 5.75 Å². The van der Waals surface area contributed by atoms with E-state index >= 15 is 0 Å². The van der Waals surface area contributed by atoms with E-state index in [1.54, 1.807) is 25.6 Å². The van der Waals surface area contributed by atoms with Gasteiger partial charge in [0.15, 0.2) is 11.5 Å². The maximum absolute atomic E-state index is 5.54. The van der Waals surface area contributed by atoms with E-state index in [9.17, 15) is 0 Å². The Kier molecular flexibility index (Phi) is 6.17. The van der Waals surface area contributed by atoms with Crippen molar-refractivity contribution in [1.29, 1.82) is 0 Å². The first kappa shape index (κ1) is 22.2. The molecule has 0 atom stereocenters. The number of methoxy groups -OCH3 is 2. The number of hydrogen-bond acceptors (Lipinski definition) is 7. The number of anilines is 1. The number of fused-ring (bicyclic) bond motifs is 1. The zero-order valence-corrected chi connectivity index (χ0v) is 20.2. The second-order valence-electron chi connectivity index (χ2n) is 8.71. The van der Waals surface area contributed by atoms with Gasteiger partial charge in [0.2, 0.25) is 0 Å². The van der Waals surface area contributed by atoms with Crippen molar-refractivity contribution < 1.29 is 9.47 Å². The van der Waals surface area contributed by atoms with E-state index in [0.717, 1.165) is 39.3 Å². The van der Waals surface area contributed by atoms with Crippen LogP contribution in [0.2, 0.25) is 0 Å². The number of aromatic nitrogens is 4. The highest BCUT2D eigenvalue weighted by atomic mass is 32.1. The number of hydrogen-bond donors (Lipinski definition) is 0. The lowest BCUT2D eigenvalue weighted by atomic mass is 9.91.